The molecule has 156 valence electrons. The van der Waals surface area contributed by atoms with Gasteiger partial charge < -0.3 is 4.74 Å². The molecule has 1 N–H and O–H groups in total. The van der Waals surface area contributed by atoms with Crippen LogP contribution in [0.1, 0.15) is 0 Å². The Morgan fingerprint density at radius 2 is 1.66 bits per heavy atom. The lowest BCUT2D eigenvalue weighted by molar-refractivity contribution is -0.384. The molecule has 1 aliphatic heterocycles. The van der Waals surface area contributed by atoms with Gasteiger partial charge in [0.1, 0.15) is 4.90 Å². The summed E-state index contributed by atoms with van der Waals surface area (Å²) in [5, 5.41) is 10.7. The number of sulfonamides is 2. The van der Waals surface area contributed by atoms with Gasteiger partial charge in [-0.2, -0.15) is 4.31 Å². The first kappa shape index (κ1) is 21.5. The maximum Gasteiger partial charge on any atom is 0.269 e. The van der Waals surface area contributed by atoms with Crippen LogP contribution in [0.5, 0.6) is 0 Å². The van der Waals surface area contributed by atoms with E-state index in [0.29, 0.717) is 0 Å². The maximum atomic E-state index is 12.8. The number of nitro benzene ring substituents is 1. The first-order valence-corrected chi connectivity index (χ1v) is 11.6. The smallest absolute Gasteiger partial charge is 0.269 e. The highest BCUT2D eigenvalue weighted by Crippen LogP contribution is 2.29. The van der Waals surface area contributed by atoms with Gasteiger partial charge in [0.05, 0.1) is 33.7 Å². The second-order valence-electron chi connectivity index (χ2n) is 6.02. The molecule has 0 unspecified atom stereocenters. The molecule has 1 fully saturated rings. The van der Waals surface area contributed by atoms with Crippen molar-refractivity contribution >= 4 is 43.0 Å². The van der Waals surface area contributed by atoms with Crippen LogP contribution in [-0.4, -0.2) is 52.4 Å². The summed E-state index contributed by atoms with van der Waals surface area (Å²) in [7, 11) is -8.04. The quantitative estimate of drug-likeness (QED) is 0.513. The van der Waals surface area contributed by atoms with Crippen LogP contribution in [0.25, 0.3) is 0 Å². The molecule has 2 aromatic rings. The molecule has 29 heavy (non-hydrogen) atoms. The highest BCUT2D eigenvalue weighted by molar-refractivity contribution is 7.92. The molecule has 2 aromatic carbocycles. The molecule has 1 saturated heterocycles. The van der Waals surface area contributed by atoms with Crippen LogP contribution in [0.2, 0.25) is 5.02 Å². The molecule has 0 aliphatic carbocycles. The van der Waals surface area contributed by atoms with E-state index in [2.05, 4.69) is 4.72 Å². The highest BCUT2D eigenvalue weighted by Gasteiger charge is 2.29. The van der Waals surface area contributed by atoms with E-state index in [1.807, 2.05) is 0 Å². The van der Waals surface area contributed by atoms with Crippen LogP contribution >= 0.6 is 11.6 Å². The Morgan fingerprint density at radius 1 is 1.03 bits per heavy atom. The molecule has 1 heterocycles. The van der Waals surface area contributed by atoms with Crippen molar-refractivity contribution in [1.82, 2.24) is 4.31 Å². The zero-order valence-electron chi connectivity index (χ0n) is 14.8. The fraction of sp³-hybridized carbons (Fsp3) is 0.250. The van der Waals surface area contributed by atoms with Gasteiger partial charge >= 0.3 is 0 Å². The van der Waals surface area contributed by atoms with E-state index < -0.39 is 25.0 Å². The van der Waals surface area contributed by atoms with Gasteiger partial charge in [-0.1, -0.05) is 11.6 Å². The Kier molecular flexibility index (Phi) is 6.10. The number of ether oxygens (including phenoxy) is 1. The van der Waals surface area contributed by atoms with Crippen molar-refractivity contribution in [1.29, 1.82) is 0 Å². The number of halogens is 1. The molecular formula is C16H16ClN3O7S2. The summed E-state index contributed by atoms with van der Waals surface area (Å²) in [6, 6.07) is 8.03. The Hall–Kier alpha value is -2.25. The van der Waals surface area contributed by atoms with Crippen molar-refractivity contribution in [2.24, 2.45) is 0 Å². The van der Waals surface area contributed by atoms with Crippen LogP contribution in [0, 0.1) is 10.1 Å². The number of non-ortho nitro benzene ring substituents is 1. The van der Waals surface area contributed by atoms with E-state index in [1.165, 1.54) is 16.4 Å². The molecule has 13 heteroatoms. The van der Waals surface area contributed by atoms with Gasteiger partial charge in [0, 0.05) is 25.2 Å². The van der Waals surface area contributed by atoms with Crippen molar-refractivity contribution in [2.45, 2.75) is 9.79 Å². The zero-order chi connectivity index (χ0) is 21.2. The molecule has 0 bridgehead atoms. The minimum absolute atomic E-state index is 0.0143. The number of nitro groups is 1. The van der Waals surface area contributed by atoms with Gasteiger partial charge in [0.25, 0.3) is 15.7 Å². The van der Waals surface area contributed by atoms with Gasteiger partial charge in [-0.15, -0.1) is 0 Å². The average molecular weight is 462 g/mol. The zero-order valence-corrected chi connectivity index (χ0v) is 17.2. The monoisotopic (exact) mass is 461 g/mol. The summed E-state index contributed by atoms with van der Waals surface area (Å²) >= 11 is 6.06. The molecule has 0 spiro atoms. The number of hydrogen-bond acceptors (Lipinski definition) is 7. The molecule has 0 atom stereocenters. The lowest BCUT2D eigenvalue weighted by Gasteiger charge is -2.26. The number of morpholine rings is 1. The molecule has 0 amide bonds. The predicted molar refractivity (Wildman–Crippen MR) is 105 cm³/mol. The number of hydrogen-bond donors (Lipinski definition) is 1. The first-order chi connectivity index (χ1) is 13.6. The predicted octanol–water partition coefficient (Wildman–Crippen LogP) is 2.07. The average Bonchev–Trinajstić information content (AvgIpc) is 2.70. The molecule has 0 aromatic heterocycles. The van der Waals surface area contributed by atoms with E-state index >= 15 is 0 Å². The van der Waals surface area contributed by atoms with Crippen molar-refractivity contribution in [3.05, 3.63) is 57.6 Å². The lowest BCUT2D eigenvalue weighted by Crippen LogP contribution is -2.40. The summed E-state index contributed by atoms with van der Waals surface area (Å²) in [5.41, 5.74) is -0.270. The topological polar surface area (TPSA) is 136 Å². The van der Waals surface area contributed by atoms with Gasteiger partial charge in [-0.25, -0.2) is 16.8 Å². The number of benzene rings is 2. The van der Waals surface area contributed by atoms with E-state index in [0.717, 1.165) is 30.3 Å². The standard InChI is InChI=1S/C16H16ClN3O7S2/c17-15-6-1-12(11-16(15)29(25,26)19-7-9-27-10-8-19)18-28(23,24)14-4-2-13(3-5-14)20(21)22/h1-6,11,18H,7-10H2. The summed E-state index contributed by atoms with van der Waals surface area (Å²) < 4.78 is 59.4. The number of rotatable bonds is 6. The Bertz CT molecular complexity index is 1130. The Labute approximate surface area is 172 Å². The van der Waals surface area contributed by atoms with E-state index in [4.69, 9.17) is 16.3 Å². The normalized spacial score (nSPS) is 15.8. The molecule has 0 saturated carbocycles. The van der Waals surface area contributed by atoms with Crippen molar-refractivity contribution in [2.75, 3.05) is 31.0 Å². The van der Waals surface area contributed by atoms with Gasteiger partial charge in [-0.3, -0.25) is 14.8 Å². The number of nitrogens with one attached hydrogen (secondary N) is 1. The van der Waals surface area contributed by atoms with Gasteiger partial charge in [0.2, 0.25) is 10.0 Å². The fourth-order valence-electron chi connectivity index (χ4n) is 2.65. The largest absolute Gasteiger partial charge is 0.379 e. The fourth-order valence-corrected chi connectivity index (χ4v) is 5.61. The molecule has 1 aliphatic rings. The van der Waals surface area contributed by atoms with Crippen molar-refractivity contribution in [3.8, 4) is 0 Å². The highest BCUT2D eigenvalue weighted by atomic mass is 35.5. The van der Waals surface area contributed by atoms with Crippen LogP contribution in [-0.2, 0) is 24.8 Å². The second kappa shape index (κ2) is 8.24. The molecule has 10 nitrogen and oxygen atoms in total. The number of anilines is 1. The van der Waals surface area contributed by atoms with E-state index in [9.17, 15) is 26.9 Å². The van der Waals surface area contributed by atoms with Crippen LogP contribution in [0.15, 0.2) is 52.3 Å². The lowest BCUT2D eigenvalue weighted by atomic mass is 10.3. The third-order valence-electron chi connectivity index (χ3n) is 4.13. The van der Waals surface area contributed by atoms with Crippen LogP contribution in [0.4, 0.5) is 11.4 Å². The molecule has 3 rings (SSSR count). The third-order valence-corrected chi connectivity index (χ3v) is 7.91. The summed E-state index contributed by atoms with van der Waals surface area (Å²) in [4.78, 5) is 9.62. The van der Waals surface area contributed by atoms with Crippen molar-refractivity contribution < 1.29 is 26.5 Å². The first-order valence-electron chi connectivity index (χ1n) is 8.26. The van der Waals surface area contributed by atoms with E-state index in [-0.39, 0.29) is 52.5 Å². The maximum absolute atomic E-state index is 12.8. The minimum Gasteiger partial charge on any atom is -0.379 e. The molecular weight excluding hydrogens is 446 g/mol. The van der Waals surface area contributed by atoms with Crippen molar-refractivity contribution in [3.63, 3.8) is 0 Å². The number of nitrogens with zero attached hydrogens (tertiary/aromatic N) is 2. The second-order valence-corrected chi connectivity index (χ2v) is 10.0. The van der Waals surface area contributed by atoms with Gasteiger partial charge in [-0.05, 0) is 30.3 Å². The van der Waals surface area contributed by atoms with E-state index in [1.54, 1.807) is 0 Å². The SMILES string of the molecule is O=[N+]([O-])c1ccc(S(=O)(=O)Nc2ccc(Cl)c(S(=O)(=O)N3CCOCC3)c2)cc1. The summed E-state index contributed by atoms with van der Waals surface area (Å²) in [6.45, 7) is 0.835. The minimum atomic E-state index is -4.10. The van der Waals surface area contributed by atoms with Crippen LogP contribution in [0.3, 0.4) is 0 Å². The van der Waals surface area contributed by atoms with Gasteiger partial charge in [0.15, 0.2) is 0 Å². The van der Waals surface area contributed by atoms with Crippen LogP contribution < -0.4 is 4.72 Å². The Morgan fingerprint density at radius 3 is 2.24 bits per heavy atom. The Balaban J connectivity index is 1.90. The summed E-state index contributed by atoms with van der Waals surface area (Å²) in [5.74, 6) is 0. The third kappa shape index (κ3) is 4.67. The molecule has 0 radical (unpaired) electrons. The summed E-state index contributed by atoms with van der Waals surface area (Å²) in [6.07, 6.45) is 0.